The van der Waals surface area contributed by atoms with Crippen LogP contribution in [0.1, 0.15) is 11.3 Å². The Labute approximate surface area is 172 Å². The predicted molar refractivity (Wildman–Crippen MR) is 118 cm³/mol. The molecule has 0 aliphatic carbocycles. The number of para-hydroxylation sites is 2. The molecule has 0 unspecified atom stereocenters. The lowest BCUT2D eigenvalue weighted by atomic mass is 10.2. The minimum absolute atomic E-state index is 0.620. The highest BCUT2D eigenvalue weighted by Crippen LogP contribution is 2.22. The highest BCUT2D eigenvalue weighted by Gasteiger charge is 2.19. The Morgan fingerprint density at radius 3 is 2.34 bits per heavy atom. The summed E-state index contributed by atoms with van der Waals surface area (Å²) in [6.45, 7) is 6.48. The van der Waals surface area contributed by atoms with Gasteiger partial charge in [0.2, 0.25) is 5.95 Å². The molecule has 1 N–H and O–H groups in total. The number of rotatable bonds is 6. The highest BCUT2D eigenvalue weighted by atomic mass is 16.5. The molecule has 1 aromatic heterocycles. The summed E-state index contributed by atoms with van der Waals surface area (Å²) in [5.41, 5.74) is 3.33. The van der Waals surface area contributed by atoms with Crippen LogP contribution in [0, 0.1) is 6.92 Å². The van der Waals surface area contributed by atoms with Crippen molar-refractivity contribution in [3.05, 3.63) is 71.9 Å². The number of piperazine rings is 1. The normalized spacial score (nSPS) is 14.0. The van der Waals surface area contributed by atoms with Gasteiger partial charge in [0.25, 0.3) is 0 Å². The molecule has 1 aliphatic rings. The van der Waals surface area contributed by atoms with Gasteiger partial charge in [-0.25, -0.2) is 4.98 Å². The SMILES string of the molecule is COc1ccccc1CNc1nc(C)cc(N2CCN(c3ccccc3)CC2)n1. The lowest BCUT2D eigenvalue weighted by Crippen LogP contribution is -2.46. The minimum Gasteiger partial charge on any atom is -0.496 e. The number of aromatic nitrogens is 2. The van der Waals surface area contributed by atoms with Crippen molar-refractivity contribution >= 4 is 17.5 Å². The lowest BCUT2D eigenvalue weighted by Gasteiger charge is -2.36. The van der Waals surface area contributed by atoms with E-state index in [4.69, 9.17) is 9.72 Å². The van der Waals surface area contributed by atoms with Crippen LogP contribution >= 0.6 is 0 Å². The fourth-order valence-electron chi connectivity index (χ4n) is 3.65. The van der Waals surface area contributed by atoms with Crippen molar-refractivity contribution in [2.24, 2.45) is 0 Å². The second-order valence-electron chi connectivity index (χ2n) is 7.17. The second-order valence-corrected chi connectivity index (χ2v) is 7.17. The van der Waals surface area contributed by atoms with E-state index in [1.54, 1.807) is 7.11 Å². The minimum atomic E-state index is 0.620. The van der Waals surface area contributed by atoms with Gasteiger partial charge in [-0.3, -0.25) is 0 Å². The van der Waals surface area contributed by atoms with Gasteiger partial charge in [-0.2, -0.15) is 4.98 Å². The molecule has 6 heteroatoms. The van der Waals surface area contributed by atoms with Crippen molar-refractivity contribution in [2.75, 3.05) is 48.4 Å². The molecule has 6 nitrogen and oxygen atoms in total. The van der Waals surface area contributed by atoms with Gasteiger partial charge in [-0.05, 0) is 25.1 Å². The molecule has 1 saturated heterocycles. The Bertz CT molecular complexity index is 939. The first-order chi connectivity index (χ1) is 14.2. The maximum absolute atomic E-state index is 5.43. The fourth-order valence-corrected chi connectivity index (χ4v) is 3.65. The van der Waals surface area contributed by atoms with Crippen molar-refractivity contribution in [1.82, 2.24) is 9.97 Å². The number of hydrogen-bond acceptors (Lipinski definition) is 6. The maximum atomic E-state index is 5.43. The predicted octanol–water partition coefficient (Wildman–Crippen LogP) is 3.73. The van der Waals surface area contributed by atoms with E-state index in [2.05, 4.69) is 56.5 Å². The number of aryl methyl sites for hydroxylation is 1. The van der Waals surface area contributed by atoms with Gasteiger partial charge in [-0.15, -0.1) is 0 Å². The van der Waals surface area contributed by atoms with E-state index >= 15 is 0 Å². The van der Waals surface area contributed by atoms with Gasteiger partial charge in [0.15, 0.2) is 0 Å². The zero-order chi connectivity index (χ0) is 20.1. The van der Waals surface area contributed by atoms with Crippen molar-refractivity contribution in [1.29, 1.82) is 0 Å². The molecule has 2 heterocycles. The summed E-state index contributed by atoms with van der Waals surface area (Å²) in [7, 11) is 1.69. The monoisotopic (exact) mass is 389 g/mol. The third kappa shape index (κ3) is 4.59. The summed E-state index contributed by atoms with van der Waals surface area (Å²) >= 11 is 0. The van der Waals surface area contributed by atoms with E-state index in [0.717, 1.165) is 49.0 Å². The first kappa shape index (κ1) is 19.1. The highest BCUT2D eigenvalue weighted by molar-refractivity contribution is 5.51. The van der Waals surface area contributed by atoms with Crippen LogP contribution in [0.5, 0.6) is 5.75 Å². The Kier molecular flexibility index (Phi) is 5.79. The van der Waals surface area contributed by atoms with Crippen molar-refractivity contribution in [3.63, 3.8) is 0 Å². The molecule has 0 bridgehead atoms. The van der Waals surface area contributed by atoms with Crippen LogP contribution in [0.15, 0.2) is 60.7 Å². The first-order valence-electron chi connectivity index (χ1n) is 9.99. The number of nitrogens with zero attached hydrogens (tertiary/aromatic N) is 4. The molecule has 150 valence electrons. The summed E-state index contributed by atoms with van der Waals surface area (Å²) < 4.78 is 5.43. The average molecular weight is 390 g/mol. The number of hydrogen-bond donors (Lipinski definition) is 1. The molecular formula is C23H27N5O. The summed E-state index contributed by atoms with van der Waals surface area (Å²) in [5, 5.41) is 3.35. The van der Waals surface area contributed by atoms with Crippen LogP contribution in [0.3, 0.4) is 0 Å². The number of ether oxygens (including phenoxy) is 1. The van der Waals surface area contributed by atoms with Crippen LogP contribution in [-0.2, 0) is 6.54 Å². The third-order valence-corrected chi connectivity index (χ3v) is 5.20. The molecule has 4 rings (SSSR count). The number of anilines is 3. The van der Waals surface area contributed by atoms with Crippen LogP contribution < -0.4 is 19.9 Å². The van der Waals surface area contributed by atoms with Crippen LogP contribution in [0.2, 0.25) is 0 Å². The van der Waals surface area contributed by atoms with Gasteiger partial charge in [-0.1, -0.05) is 36.4 Å². The van der Waals surface area contributed by atoms with Gasteiger partial charge in [0.05, 0.1) is 7.11 Å². The van der Waals surface area contributed by atoms with E-state index in [1.807, 2.05) is 31.2 Å². The van der Waals surface area contributed by atoms with E-state index < -0.39 is 0 Å². The summed E-state index contributed by atoms with van der Waals surface area (Å²) in [6.07, 6.45) is 0. The molecule has 29 heavy (non-hydrogen) atoms. The van der Waals surface area contributed by atoms with E-state index in [0.29, 0.717) is 12.5 Å². The lowest BCUT2D eigenvalue weighted by molar-refractivity contribution is 0.410. The number of nitrogens with one attached hydrogen (secondary N) is 1. The van der Waals surface area contributed by atoms with Gasteiger partial charge < -0.3 is 19.9 Å². The number of methoxy groups -OCH3 is 1. The second kappa shape index (κ2) is 8.82. The zero-order valence-corrected chi connectivity index (χ0v) is 17.0. The molecule has 2 aromatic carbocycles. The maximum Gasteiger partial charge on any atom is 0.225 e. The summed E-state index contributed by atoms with van der Waals surface area (Å²) in [4.78, 5) is 14.1. The molecule has 1 aliphatic heterocycles. The van der Waals surface area contributed by atoms with E-state index in [-0.39, 0.29) is 0 Å². The van der Waals surface area contributed by atoms with E-state index in [1.165, 1.54) is 5.69 Å². The smallest absolute Gasteiger partial charge is 0.225 e. The van der Waals surface area contributed by atoms with Gasteiger partial charge in [0, 0.05) is 55.7 Å². The van der Waals surface area contributed by atoms with E-state index in [9.17, 15) is 0 Å². The number of benzene rings is 2. The van der Waals surface area contributed by atoms with Crippen molar-refractivity contribution in [2.45, 2.75) is 13.5 Å². The largest absolute Gasteiger partial charge is 0.496 e. The van der Waals surface area contributed by atoms with Crippen LogP contribution in [0.4, 0.5) is 17.5 Å². The van der Waals surface area contributed by atoms with Crippen LogP contribution in [0.25, 0.3) is 0 Å². The molecule has 0 saturated carbocycles. The molecule has 0 spiro atoms. The molecule has 0 atom stereocenters. The van der Waals surface area contributed by atoms with Crippen LogP contribution in [-0.4, -0.2) is 43.3 Å². The van der Waals surface area contributed by atoms with Gasteiger partial charge >= 0.3 is 0 Å². The fraction of sp³-hybridized carbons (Fsp3) is 0.304. The first-order valence-corrected chi connectivity index (χ1v) is 9.99. The molecule has 0 radical (unpaired) electrons. The topological polar surface area (TPSA) is 53.5 Å². The van der Waals surface area contributed by atoms with Gasteiger partial charge in [0.1, 0.15) is 11.6 Å². The Morgan fingerprint density at radius 2 is 1.59 bits per heavy atom. The average Bonchev–Trinajstić information content (AvgIpc) is 2.78. The Balaban J connectivity index is 1.42. The summed E-state index contributed by atoms with van der Waals surface area (Å²) in [6, 6.07) is 20.6. The van der Waals surface area contributed by atoms with Crippen molar-refractivity contribution < 1.29 is 4.74 Å². The third-order valence-electron chi connectivity index (χ3n) is 5.20. The molecule has 3 aromatic rings. The quantitative estimate of drug-likeness (QED) is 0.693. The Hall–Kier alpha value is -3.28. The zero-order valence-electron chi connectivity index (χ0n) is 17.0. The molecular weight excluding hydrogens is 362 g/mol. The summed E-state index contributed by atoms with van der Waals surface area (Å²) in [5.74, 6) is 2.49. The Morgan fingerprint density at radius 1 is 0.897 bits per heavy atom. The van der Waals surface area contributed by atoms with Crippen molar-refractivity contribution in [3.8, 4) is 5.75 Å². The standard InChI is InChI=1S/C23H27N5O/c1-18-16-22(28-14-12-27(13-15-28)20-9-4-3-5-10-20)26-23(25-18)24-17-19-8-6-7-11-21(19)29-2/h3-11,16H,12-15,17H2,1-2H3,(H,24,25,26). The molecule has 0 amide bonds. The molecule has 1 fully saturated rings.